The maximum absolute atomic E-state index is 11.4. The van der Waals surface area contributed by atoms with E-state index in [0.29, 0.717) is 34.8 Å². The molecule has 0 radical (unpaired) electrons. The first-order valence-corrected chi connectivity index (χ1v) is 11.8. The number of nitrogens with zero attached hydrogens (tertiary/aromatic N) is 7. The summed E-state index contributed by atoms with van der Waals surface area (Å²) >= 11 is 0. The summed E-state index contributed by atoms with van der Waals surface area (Å²) in [6, 6.07) is 17.0. The number of benzene rings is 2. The van der Waals surface area contributed by atoms with Gasteiger partial charge in [-0.1, -0.05) is 30.3 Å². The Hall–Kier alpha value is -4.65. The van der Waals surface area contributed by atoms with E-state index in [1.807, 2.05) is 69.2 Å². The summed E-state index contributed by atoms with van der Waals surface area (Å²) in [7, 11) is 5.31. The Labute approximate surface area is 215 Å². The minimum atomic E-state index is -1.01. The Morgan fingerprint density at radius 3 is 2.51 bits per heavy atom. The molecule has 1 unspecified atom stereocenters. The van der Waals surface area contributed by atoms with Crippen molar-refractivity contribution in [3.05, 3.63) is 71.0 Å². The highest BCUT2D eigenvalue weighted by molar-refractivity contribution is 5.92. The van der Waals surface area contributed by atoms with Crippen molar-refractivity contribution in [1.82, 2.24) is 24.9 Å². The number of rotatable bonds is 8. The van der Waals surface area contributed by atoms with E-state index >= 15 is 0 Å². The summed E-state index contributed by atoms with van der Waals surface area (Å²) in [4.78, 5) is 14.5. The molecule has 190 valence electrons. The zero-order chi connectivity index (χ0) is 26.7. The lowest BCUT2D eigenvalue weighted by Gasteiger charge is -2.24. The molecule has 1 amide bonds. The molecule has 1 atom stereocenters. The van der Waals surface area contributed by atoms with E-state index in [1.54, 1.807) is 16.8 Å². The van der Waals surface area contributed by atoms with Crippen LogP contribution in [0.5, 0.6) is 5.75 Å². The molecule has 10 nitrogen and oxygen atoms in total. The van der Waals surface area contributed by atoms with Crippen molar-refractivity contribution in [3.8, 4) is 17.5 Å². The molecule has 0 saturated heterocycles. The van der Waals surface area contributed by atoms with Crippen molar-refractivity contribution in [3.63, 3.8) is 0 Å². The van der Waals surface area contributed by atoms with E-state index in [4.69, 9.17) is 9.84 Å². The van der Waals surface area contributed by atoms with Crippen LogP contribution in [0.4, 0.5) is 10.6 Å². The summed E-state index contributed by atoms with van der Waals surface area (Å²) in [6.07, 6.45) is -1.05. The molecule has 0 aliphatic carbocycles. The van der Waals surface area contributed by atoms with E-state index in [1.165, 1.54) is 11.9 Å². The number of aryl methyl sites for hydroxylation is 2. The fraction of sp³-hybridized carbons (Fsp3) is 0.296. The van der Waals surface area contributed by atoms with Crippen LogP contribution in [-0.2, 0) is 0 Å². The highest BCUT2D eigenvalue weighted by Gasteiger charge is 2.22. The largest absolute Gasteiger partial charge is 0.483 e. The van der Waals surface area contributed by atoms with Gasteiger partial charge in [-0.15, -0.1) is 5.10 Å². The van der Waals surface area contributed by atoms with Gasteiger partial charge < -0.3 is 19.6 Å². The average Bonchev–Trinajstić information content (AvgIpc) is 3.24. The van der Waals surface area contributed by atoms with Gasteiger partial charge in [-0.3, -0.25) is 0 Å². The molecule has 0 aliphatic rings. The van der Waals surface area contributed by atoms with Gasteiger partial charge in [-0.25, -0.2) is 9.48 Å². The van der Waals surface area contributed by atoms with Crippen LogP contribution in [0.1, 0.15) is 35.0 Å². The molecule has 4 aromatic rings. The molecule has 2 aromatic heterocycles. The Morgan fingerprint density at radius 2 is 1.86 bits per heavy atom. The maximum Gasteiger partial charge on any atom is 0.407 e. The second kappa shape index (κ2) is 10.5. The fourth-order valence-electron chi connectivity index (χ4n) is 4.22. The third kappa shape index (κ3) is 5.16. The van der Waals surface area contributed by atoms with E-state index < -0.39 is 12.2 Å². The van der Waals surface area contributed by atoms with Gasteiger partial charge in [0.15, 0.2) is 5.82 Å². The van der Waals surface area contributed by atoms with Gasteiger partial charge in [0, 0.05) is 40.2 Å². The zero-order valence-electron chi connectivity index (χ0n) is 21.5. The van der Waals surface area contributed by atoms with Gasteiger partial charge in [0.2, 0.25) is 0 Å². The molecule has 0 saturated carbocycles. The first-order chi connectivity index (χ1) is 17.7. The number of fused-ring (bicyclic) bond motifs is 1. The molecular formula is C27H29N7O3. The van der Waals surface area contributed by atoms with Crippen LogP contribution < -0.4 is 9.64 Å². The Kier molecular flexibility index (Phi) is 7.25. The fourth-order valence-corrected chi connectivity index (χ4v) is 4.22. The van der Waals surface area contributed by atoms with Crippen LogP contribution in [0.25, 0.3) is 16.6 Å². The number of amides is 1. The number of hydrogen-bond donors (Lipinski definition) is 1. The maximum atomic E-state index is 11.4. The highest BCUT2D eigenvalue weighted by Crippen LogP contribution is 2.34. The number of carboxylic acid groups (broad SMARTS) is 1. The lowest BCUT2D eigenvalue weighted by molar-refractivity contribution is 0.140. The number of aromatic nitrogens is 4. The summed E-state index contributed by atoms with van der Waals surface area (Å²) in [5.41, 5.74) is 4.34. The molecule has 1 N–H and O–H groups in total. The van der Waals surface area contributed by atoms with Crippen LogP contribution in [0.15, 0.2) is 48.5 Å². The molecule has 2 aromatic carbocycles. The van der Waals surface area contributed by atoms with Crippen molar-refractivity contribution < 1.29 is 14.6 Å². The normalized spacial score (nSPS) is 11.7. The topological polar surface area (TPSA) is 120 Å². The van der Waals surface area contributed by atoms with Crippen molar-refractivity contribution >= 4 is 22.8 Å². The third-order valence-electron chi connectivity index (χ3n) is 6.22. The minimum Gasteiger partial charge on any atom is -0.483 e. The summed E-state index contributed by atoms with van der Waals surface area (Å²) in [5, 5.41) is 33.3. The molecule has 37 heavy (non-hydrogen) atoms. The molecule has 4 rings (SSSR count). The molecule has 2 heterocycles. The Bertz CT molecular complexity index is 1480. The second-order valence-electron chi connectivity index (χ2n) is 9.03. The molecule has 0 bridgehead atoms. The van der Waals surface area contributed by atoms with Gasteiger partial charge in [0.05, 0.1) is 28.4 Å². The quantitative estimate of drug-likeness (QED) is 0.376. The van der Waals surface area contributed by atoms with E-state index in [2.05, 4.69) is 16.3 Å². The van der Waals surface area contributed by atoms with Gasteiger partial charge >= 0.3 is 6.09 Å². The lowest BCUT2D eigenvalue weighted by atomic mass is 10.1. The predicted octanol–water partition coefficient (Wildman–Crippen LogP) is 4.49. The Balaban J connectivity index is 1.83. The smallest absolute Gasteiger partial charge is 0.407 e. The molecular weight excluding hydrogens is 470 g/mol. The second-order valence-corrected chi connectivity index (χ2v) is 9.03. The SMILES string of the molecule is Cc1nnc(N(C)C)c2nn(-c3ccc(C#N)cc3OC(CCN(C)C(=O)O)c3ccccc3)c(C)c12. The predicted molar refractivity (Wildman–Crippen MR) is 140 cm³/mol. The number of hydrogen-bond acceptors (Lipinski definition) is 7. The molecule has 10 heteroatoms. The summed E-state index contributed by atoms with van der Waals surface area (Å²) in [6.45, 7) is 4.13. The van der Waals surface area contributed by atoms with Crippen LogP contribution in [-0.4, -0.2) is 63.8 Å². The minimum absolute atomic E-state index is 0.273. The van der Waals surface area contributed by atoms with Crippen LogP contribution in [0.2, 0.25) is 0 Å². The average molecular weight is 500 g/mol. The molecule has 0 spiro atoms. The van der Waals surface area contributed by atoms with Crippen LogP contribution >= 0.6 is 0 Å². The van der Waals surface area contributed by atoms with Crippen LogP contribution in [0, 0.1) is 25.2 Å². The van der Waals surface area contributed by atoms with Gasteiger partial charge in [0.25, 0.3) is 0 Å². The monoisotopic (exact) mass is 499 g/mol. The van der Waals surface area contributed by atoms with E-state index in [9.17, 15) is 15.2 Å². The highest BCUT2D eigenvalue weighted by atomic mass is 16.5. The van der Waals surface area contributed by atoms with Crippen molar-refractivity contribution in [2.75, 3.05) is 32.6 Å². The summed E-state index contributed by atoms with van der Waals surface area (Å²) in [5.74, 6) is 1.11. The number of ether oxygens (including phenoxy) is 1. The summed E-state index contributed by atoms with van der Waals surface area (Å²) < 4.78 is 8.33. The standard InChI is InChI=1S/C27H29N7O3/c1-17-24-18(2)34(31-25(24)26(30-29-17)32(3)4)21-12-11-19(16-28)15-23(21)37-22(13-14-33(5)27(35)36)20-9-7-6-8-10-20/h6-12,15,22H,13-14H2,1-5H3,(H,35,36). The molecule has 0 fully saturated rings. The van der Waals surface area contributed by atoms with Gasteiger partial charge in [0.1, 0.15) is 23.1 Å². The van der Waals surface area contributed by atoms with Gasteiger partial charge in [-0.05, 0) is 31.5 Å². The molecule has 0 aliphatic heterocycles. The first kappa shape index (κ1) is 25.4. The van der Waals surface area contributed by atoms with Crippen LogP contribution in [0.3, 0.4) is 0 Å². The number of anilines is 1. The van der Waals surface area contributed by atoms with E-state index in [0.717, 1.165) is 22.3 Å². The first-order valence-electron chi connectivity index (χ1n) is 11.8. The van der Waals surface area contributed by atoms with Gasteiger partial charge in [-0.2, -0.15) is 15.5 Å². The number of carbonyl (C=O) groups is 1. The lowest BCUT2D eigenvalue weighted by Crippen LogP contribution is -2.27. The number of nitriles is 1. The van der Waals surface area contributed by atoms with Crippen molar-refractivity contribution in [1.29, 1.82) is 5.26 Å². The zero-order valence-corrected chi connectivity index (χ0v) is 21.5. The van der Waals surface area contributed by atoms with Crippen molar-refractivity contribution in [2.45, 2.75) is 26.4 Å². The Morgan fingerprint density at radius 1 is 1.14 bits per heavy atom. The van der Waals surface area contributed by atoms with E-state index in [-0.39, 0.29) is 6.54 Å². The third-order valence-corrected chi connectivity index (χ3v) is 6.22. The van der Waals surface area contributed by atoms with Crippen molar-refractivity contribution in [2.24, 2.45) is 0 Å².